The second kappa shape index (κ2) is 5.96. The lowest BCUT2D eigenvalue weighted by atomic mass is 10.1. The maximum Gasteiger partial charge on any atom is 0.275 e. The largest absolute Gasteiger partial charge is 0.370 e. The number of nitro groups is 1. The molecule has 2 rings (SSSR count). The summed E-state index contributed by atoms with van der Waals surface area (Å²) in [5.74, 6) is -0.271. The Morgan fingerprint density at radius 3 is 2.76 bits per heavy atom. The van der Waals surface area contributed by atoms with E-state index in [1.807, 2.05) is 13.0 Å². The zero-order valence-corrected chi connectivity index (χ0v) is 11.1. The van der Waals surface area contributed by atoms with E-state index < -0.39 is 10.7 Å². The molecule has 0 aliphatic heterocycles. The van der Waals surface area contributed by atoms with Gasteiger partial charge in [0.25, 0.3) is 5.69 Å². The van der Waals surface area contributed by atoms with Crippen LogP contribution >= 0.6 is 0 Å². The SMILES string of the molecule is CCNc1cc([N+](=O)[O-])cc(-c2cc(F)cc(C#N)c2)n1. The van der Waals surface area contributed by atoms with Gasteiger partial charge in [0.15, 0.2) is 0 Å². The Morgan fingerprint density at radius 2 is 2.14 bits per heavy atom. The number of nitrogens with zero attached hydrogens (tertiary/aromatic N) is 3. The van der Waals surface area contributed by atoms with Gasteiger partial charge in [-0.15, -0.1) is 0 Å². The fourth-order valence-corrected chi connectivity index (χ4v) is 1.84. The van der Waals surface area contributed by atoms with Crippen molar-refractivity contribution in [3.05, 3.63) is 51.8 Å². The Labute approximate surface area is 120 Å². The van der Waals surface area contributed by atoms with E-state index in [0.29, 0.717) is 17.9 Å². The third-order valence-electron chi connectivity index (χ3n) is 2.70. The van der Waals surface area contributed by atoms with E-state index in [9.17, 15) is 14.5 Å². The van der Waals surface area contributed by atoms with Crippen LogP contribution in [0.3, 0.4) is 0 Å². The number of benzene rings is 1. The van der Waals surface area contributed by atoms with E-state index in [0.717, 1.165) is 6.07 Å². The van der Waals surface area contributed by atoms with Crippen LogP contribution in [0.2, 0.25) is 0 Å². The third-order valence-corrected chi connectivity index (χ3v) is 2.70. The standard InChI is InChI=1S/C14H11FN4O2/c1-2-17-14-7-12(19(20)21)6-13(18-14)10-3-9(8-16)4-11(15)5-10/h3-7H,2H2,1H3,(H,17,18). The van der Waals surface area contributed by atoms with Crippen molar-refractivity contribution in [2.45, 2.75) is 6.92 Å². The van der Waals surface area contributed by atoms with Crippen molar-refractivity contribution < 1.29 is 9.31 Å². The summed E-state index contributed by atoms with van der Waals surface area (Å²) >= 11 is 0. The van der Waals surface area contributed by atoms with E-state index in [1.165, 1.54) is 24.3 Å². The molecule has 0 radical (unpaired) electrons. The first-order valence-electron chi connectivity index (χ1n) is 6.15. The van der Waals surface area contributed by atoms with Crippen molar-refractivity contribution in [3.63, 3.8) is 0 Å². The highest BCUT2D eigenvalue weighted by atomic mass is 19.1. The number of hydrogen-bond donors (Lipinski definition) is 1. The van der Waals surface area contributed by atoms with E-state index in [-0.39, 0.29) is 16.9 Å². The van der Waals surface area contributed by atoms with Gasteiger partial charge in [0.2, 0.25) is 0 Å². The molecular weight excluding hydrogens is 275 g/mol. The maximum absolute atomic E-state index is 13.5. The van der Waals surface area contributed by atoms with Crippen LogP contribution in [0.5, 0.6) is 0 Å². The Kier molecular flexibility index (Phi) is 4.09. The molecule has 1 aromatic heterocycles. The number of hydrogen-bond acceptors (Lipinski definition) is 5. The maximum atomic E-state index is 13.5. The minimum absolute atomic E-state index is 0.128. The Hall–Kier alpha value is -3.01. The molecule has 1 aromatic carbocycles. The first kappa shape index (κ1) is 14.4. The van der Waals surface area contributed by atoms with Crippen LogP contribution in [0.15, 0.2) is 30.3 Å². The van der Waals surface area contributed by atoms with Crippen molar-refractivity contribution >= 4 is 11.5 Å². The highest BCUT2D eigenvalue weighted by molar-refractivity contribution is 5.66. The second-order valence-corrected chi connectivity index (χ2v) is 4.22. The number of nitriles is 1. The molecule has 0 atom stereocenters. The highest BCUT2D eigenvalue weighted by Gasteiger charge is 2.13. The smallest absolute Gasteiger partial charge is 0.275 e. The van der Waals surface area contributed by atoms with Gasteiger partial charge >= 0.3 is 0 Å². The topological polar surface area (TPSA) is 91.9 Å². The summed E-state index contributed by atoms with van der Waals surface area (Å²) in [4.78, 5) is 14.6. The molecule has 0 saturated carbocycles. The second-order valence-electron chi connectivity index (χ2n) is 4.22. The molecule has 1 N–H and O–H groups in total. The number of halogens is 1. The minimum Gasteiger partial charge on any atom is -0.370 e. The Balaban J connectivity index is 2.59. The van der Waals surface area contributed by atoms with Crippen molar-refractivity contribution in [2.24, 2.45) is 0 Å². The highest BCUT2D eigenvalue weighted by Crippen LogP contribution is 2.26. The van der Waals surface area contributed by atoms with Crippen LogP contribution in [0.25, 0.3) is 11.3 Å². The van der Waals surface area contributed by atoms with Gasteiger partial charge < -0.3 is 5.32 Å². The molecule has 0 saturated heterocycles. The summed E-state index contributed by atoms with van der Waals surface area (Å²) in [6.45, 7) is 2.37. The summed E-state index contributed by atoms with van der Waals surface area (Å²) in [7, 11) is 0. The number of nitrogens with one attached hydrogen (secondary N) is 1. The quantitative estimate of drug-likeness (QED) is 0.688. The van der Waals surface area contributed by atoms with E-state index >= 15 is 0 Å². The summed E-state index contributed by atoms with van der Waals surface area (Å²) in [5.41, 5.74) is 0.521. The van der Waals surface area contributed by atoms with Crippen molar-refractivity contribution in [3.8, 4) is 17.3 Å². The van der Waals surface area contributed by atoms with Gasteiger partial charge in [-0.05, 0) is 25.1 Å². The minimum atomic E-state index is -0.595. The number of aromatic nitrogens is 1. The van der Waals surface area contributed by atoms with E-state index in [2.05, 4.69) is 10.3 Å². The zero-order valence-electron chi connectivity index (χ0n) is 11.1. The van der Waals surface area contributed by atoms with Gasteiger partial charge in [-0.25, -0.2) is 9.37 Å². The van der Waals surface area contributed by atoms with Crippen LogP contribution in [0.1, 0.15) is 12.5 Å². The summed E-state index contributed by atoms with van der Waals surface area (Å²) < 4.78 is 13.5. The molecular formula is C14H11FN4O2. The molecule has 0 aliphatic carbocycles. The van der Waals surface area contributed by atoms with E-state index in [4.69, 9.17) is 5.26 Å². The normalized spacial score (nSPS) is 9.95. The van der Waals surface area contributed by atoms with Gasteiger partial charge in [-0.3, -0.25) is 10.1 Å². The predicted molar refractivity (Wildman–Crippen MR) is 75.2 cm³/mol. The molecule has 2 aromatic rings. The average molecular weight is 286 g/mol. The number of anilines is 1. The summed E-state index contributed by atoms with van der Waals surface area (Å²) in [5, 5.41) is 22.7. The molecule has 0 unspecified atom stereocenters. The fourth-order valence-electron chi connectivity index (χ4n) is 1.84. The molecule has 0 fully saturated rings. The molecule has 6 nitrogen and oxygen atoms in total. The molecule has 21 heavy (non-hydrogen) atoms. The monoisotopic (exact) mass is 286 g/mol. The Morgan fingerprint density at radius 1 is 1.38 bits per heavy atom. The van der Waals surface area contributed by atoms with Gasteiger partial charge in [-0.1, -0.05) is 0 Å². The lowest BCUT2D eigenvalue weighted by Gasteiger charge is -2.07. The summed E-state index contributed by atoms with van der Waals surface area (Å²) in [6.07, 6.45) is 0. The zero-order chi connectivity index (χ0) is 15.4. The van der Waals surface area contributed by atoms with Crippen LogP contribution in [0.4, 0.5) is 15.9 Å². The number of pyridine rings is 1. The predicted octanol–water partition coefficient (Wildman–Crippen LogP) is 3.10. The molecule has 0 bridgehead atoms. The van der Waals surface area contributed by atoms with Gasteiger partial charge in [0.1, 0.15) is 11.6 Å². The first-order chi connectivity index (χ1) is 10.0. The Bertz CT molecular complexity index is 740. The van der Waals surface area contributed by atoms with Gasteiger partial charge in [-0.2, -0.15) is 5.26 Å². The van der Waals surface area contributed by atoms with E-state index in [1.54, 1.807) is 0 Å². The van der Waals surface area contributed by atoms with Crippen LogP contribution < -0.4 is 5.32 Å². The molecule has 1 heterocycles. The number of rotatable bonds is 4. The van der Waals surface area contributed by atoms with Crippen LogP contribution in [-0.2, 0) is 0 Å². The molecule has 7 heteroatoms. The molecule has 0 spiro atoms. The van der Waals surface area contributed by atoms with Gasteiger partial charge in [0.05, 0.1) is 28.3 Å². The van der Waals surface area contributed by atoms with Crippen molar-refractivity contribution in [1.29, 1.82) is 5.26 Å². The fraction of sp³-hybridized carbons (Fsp3) is 0.143. The lowest BCUT2D eigenvalue weighted by Crippen LogP contribution is -2.02. The molecule has 0 amide bonds. The summed E-state index contributed by atoms with van der Waals surface area (Å²) in [6, 6.07) is 8.10. The van der Waals surface area contributed by atoms with Gasteiger partial charge in [0, 0.05) is 18.2 Å². The van der Waals surface area contributed by atoms with Crippen LogP contribution in [0, 0.1) is 27.3 Å². The van der Waals surface area contributed by atoms with Crippen molar-refractivity contribution in [1.82, 2.24) is 4.98 Å². The average Bonchev–Trinajstić information content (AvgIpc) is 2.46. The lowest BCUT2D eigenvalue weighted by molar-refractivity contribution is -0.384. The van der Waals surface area contributed by atoms with Crippen LogP contribution in [-0.4, -0.2) is 16.5 Å². The first-order valence-corrected chi connectivity index (χ1v) is 6.15. The van der Waals surface area contributed by atoms with Crippen molar-refractivity contribution in [2.75, 3.05) is 11.9 Å². The third kappa shape index (κ3) is 3.30. The molecule has 0 aliphatic rings. The molecule has 106 valence electrons.